The van der Waals surface area contributed by atoms with E-state index >= 15 is 0 Å². The van der Waals surface area contributed by atoms with Gasteiger partial charge in [-0.2, -0.15) is 5.10 Å². The van der Waals surface area contributed by atoms with Gasteiger partial charge in [0.15, 0.2) is 0 Å². The van der Waals surface area contributed by atoms with Crippen molar-refractivity contribution in [3.63, 3.8) is 0 Å². The van der Waals surface area contributed by atoms with Crippen LogP contribution in [-0.4, -0.2) is 24.8 Å². The van der Waals surface area contributed by atoms with Gasteiger partial charge in [0.2, 0.25) is 5.91 Å². The molecule has 4 rings (SSSR count). The van der Waals surface area contributed by atoms with Crippen molar-refractivity contribution in [3.05, 3.63) is 116 Å². The summed E-state index contributed by atoms with van der Waals surface area (Å²) in [6.07, 6.45) is 2.98. The van der Waals surface area contributed by atoms with E-state index in [1.165, 1.54) is 16.8 Å². The lowest BCUT2D eigenvalue weighted by molar-refractivity contribution is -0.116. The normalized spacial score (nSPS) is 10.8. The number of carbonyl (C=O) groups is 1. The Balaban J connectivity index is 1.50. The molecule has 0 atom stereocenters. The van der Waals surface area contributed by atoms with Crippen molar-refractivity contribution in [3.8, 4) is 0 Å². The Hall–Kier alpha value is -3.91. The summed E-state index contributed by atoms with van der Waals surface area (Å²) in [4.78, 5) is 37.7. The van der Waals surface area contributed by atoms with E-state index in [0.29, 0.717) is 23.9 Å². The molecule has 0 saturated carbocycles. The lowest BCUT2D eigenvalue weighted by atomic mass is 10.2. The predicted octanol–water partition coefficient (Wildman–Crippen LogP) is 2.60. The third kappa shape index (κ3) is 4.87. The molecule has 8 nitrogen and oxygen atoms in total. The van der Waals surface area contributed by atoms with Gasteiger partial charge in [-0.05, 0) is 17.2 Å². The van der Waals surface area contributed by atoms with Crippen LogP contribution in [0.2, 0.25) is 5.02 Å². The Bertz CT molecular complexity index is 1360. The molecular formula is C23H20ClN5O3. The zero-order chi connectivity index (χ0) is 22.5. The van der Waals surface area contributed by atoms with Crippen LogP contribution in [0.25, 0.3) is 0 Å². The lowest BCUT2D eigenvalue weighted by Crippen LogP contribution is -2.42. The smallest absolute Gasteiger partial charge is 0.309 e. The second-order valence-corrected chi connectivity index (χ2v) is 7.56. The minimum Gasteiger partial charge on any atom is -0.309 e. The molecule has 2 aromatic heterocycles. The third-order valence-corrected chi connectivity index (χ3v) is 5.27. The minimum atomic E-state index is -0.555. The third-order valence-electron chi connectivity index (χ3n) is 4.90. The molecule has 0 aliphatic rings. The van der Waals surface area contributed by atoms with E-state index in [4.69, 9.17) is 11.6 Å². The zero-order valence-electron chi connectivity index (χ0n) is 17.0. The van der Waals surface area contributed by atoms with Gasteiger partial charge in [0.05, 0.1) is 19.3 Å². The minimum absolute atomic E-state index is 0.298. The maximum absolute atomic E-state index is 12.8. The maximum atomic E-state index is 12.8. The number of hydrogen-bond donors (Lipinski definition) is 1. The first-order chi connectivity index (χ1) is 15.5. The Morgan fingerprint density at radius 3 is 2.47 bits per heavy atom. The second kappa shape index (κ2) is 9.49. The average Bonchev–Trinajstić information content (AvgIpc) is 3.22. The molecule has 0 aliphatic carbocycles. The first-order valence-corrected chi connectivity index (χ1v) is 10.3. The molecule has 32 heavy (non-hydrogen) atoms. The van der Waals surface area contributed by atoms with Crippen LogP contribution < -0.4 is 16.6 Å². The lowest BCUT2D eigenvalue weighted by Gasteiger charge is -2.12. The summed E-state index contributed by atoms with van der Waals surface area (Å²) in [5.74, 6) is -0.0777. The number of aromatic nitrogens is 4. The molecule has 1 amide bonds. The number of hydrogen-bond acceptors (Lipinski definition) is 4. The molecular weight excluding hydrogens is 430 g/mol. The number of nitrogens with zero attached hydrogens (tertiary/aromatic N) is 4. The van der Waals surface area contributed by atoms with Crippen LogP contribution in [0.15, 0.2) is 88.7 Å². The van der Waals surface area contributed by atoms with Gasteiger partial charge in [0.25, 0.3) is 5.56 Å². The van der Waals surface area contributed by atoms with Gasteiger partial charge in [-0.3, -0.25) is 18.7 Å². The first-order valence-electron chi connectivity index (χ1n) is 9.90. The van der Waals surface area contributed by atoms with Crippen LogP contribution >= 0.6 is 11.6 Å². The Morgan fingerprint density at radius 1 is 0.938 bits per heavy atom. The highest BCUT2D eigenvalue weighted by Gasteiger charge is 2.13. The van der Waals surface area contributed by atoms with Gasteiger partial charge in [-0.25, -0.2) is 9.48 Å². The maximum Gasteiger partial charge on any atom is 0.331 e. The summed E-state index contributed by atoms with van der Waals surface area (Å²) >= 11 is 6.21. The van der Waals surface area contributed by atoms with Crippen LogP contribution in [0.5, 0.6) is 0 Å². The summed E-state index contributed by atoms with van der Waals surface area (Å²) in [6.45, 7) is 0.244. The van der Waals surface area contributed by atoms with Crippen molar-refractivity contribution in [2.75, 3.05) is 5.32 Å². The summed E-state index contributed by atoms with van der Waals surface area (Å²) in [5, 5.41) is 7.52. The van der Waals surface area contributed by atoms with Gasteiger partial charge in [0, 0.05) is 23.4 Å². The van der Waals surface area contributed by atoms with E-state index in [1.807, 2.05) is 48.5 Å². The highest BCUT2D eigenvalue weighted by molar-refractivity contribution is 6.31. The number of carbonyl (C=O) groups excluding carboxylic acids is 1. The summed E-state index contributed by atoms with van der Waals surface area (Å²) in [5.41, 5.74) is 0.657. The molecule has 0 saturated heterocycles. The van der Waals surface area contributed by atoms with Crippen LogP contribution in [0.1, 0.15) is 11.1 Å². The number of anilines is 1. The number of amides is 1. The van der Waals surface area contributed by atoms with E-state index in [2.05, 4.69) is 10.4 Å². The number of halogens is 1. The van der Waals surface area contributed by atoms with E-state index in [1.54, 1.807) is 23.0 Å². The largest absolute Gasteiger partial charge is 0.331 e. The van der Waals surface area contributed by atoms with E-state index in [9.17, 15) is 14.4 Å². The molecule has 162 valence electrons. The molecule has 0 aliphatic heterocycles. The molecule has 9 heteroatoms. The Kier molecular flexibility index (Phi) is 6.32. The summed E-state index contributed by atoms with van der Waals surface area (Å²) in [7, 11) is 0. The summed E-state index contributed by atoms with van der Waals surface area (Å²) in [6, 6.07) is 19.7. The fourth-order valence-corrected chi connectivity index (χ4v) is 3.48. The van der Waals surface area contributed by atoms with Crippen molar-refractivity contribution in [2.45, 2.75) is 19.6 Å². The Labute approximate surface area is 188 Å². The fraction of sp³-hybridized carbons (Fsp3) is 0.130. The van der Waals surface area contributed by atoms with Crippen LogP contribution in [0.3, 0.4) is 0 Å². The van der Waals surface area contributed by atoms with Gasteiger partial charge < -0.3 is 5.32 Å². The van der Waals surface area contributed by atoms with Crippen molar-refractivity contribution in [2.24, 2.45) is 0 Å². The van der Waals surface area contributed by atoms with Crippen molar-refractivity contribution >= 4 is 23.3 Å². The van der Waals surface area contributed by atoms with Crippen molar-refractivity contribution in [1.29, 1.82) is 0 Å². The van der Waals surface area contributed by atoms with E-state index in [0.717, 1.165) is 15.7 Å². The topological polar surface area (TPSA) is 90.9 Å². The SMILES string of the molecule is O=C(Cn1c(=O)ccn(Cc2ccccc2)c1=O)Nc1ccnn1Cc1ccccc1Cl. The van der Waals surface area contributed by atoms with Crippen LogP contribution in [0.4, 0.5) is 5.82 Å². The molecule has 0 bridgehead atoms. The highest BCUT2D eigenvalue weighted by atomic mass is 35.5. The number of benzene rings is 2. The summed E-state index contributed by atoms with van der Waals surface area (Å²) < 4.78 is 3.89. The molecule has 4 aromatic rings. The van der Waals surface area contributed by atoms with Crippen LogP contribution in [-0.2, 0) is 24.4 Å². The van der Waals surface area contributed by atoms with Crippen LogP contribution in [0, 0.1) is 0 Å². The highest BCUT2D eigenvalue weighted by Crippen LogP contribution is 2.18. The van der Waals surface area contributed by atoms with Gasteiger partial charge in [0.1, 0.15) is 12.4 Å². The molecule has 0 unspecified atom stereocenters. The van der Waals surface area contributed by atoms with Crippen molar-refractivity contribution < 1.29 is 4.79 Å². The van der Waals surface area contributed by atoms with Gasteiger partial charge >= 0.3 is 5.69 Å². The number of nitrogens with one attached hydrogen (secondary N) is 1. The zero-order valence-corrected chi connectivity index (χ0v) is 17.8. The van der Waals surface area contributed by atoms with E-state index in [-0.39, 0.29) is 0 Å². The monoisotopic (exact) mass is 449 g/mol. The predicted molar refractivity (Wildman–Crippen MR) is 122 cm³/mol. The molecule has 0 spiro atoms. The fourth-order valence-electron chi connectivity index (χ4n) is 3.28. The molecule has 1 N–H and O–H groups in total. The second-order valence-electron chi connectivity index (χ2n) is 7.15. The van der Waals surface area contributed by atoms with Crippen molar-refractivity contribution in [1.82, 2.24) is 18.9 Å². The first kappa shape index (κ1) is 21.3. The molecule has 0 radical (unpaired) electrons. The molecule has 2 heterocycles. The van der Waals surface area contributed by atoms with E-state index < -0.39 is 23.7 Å². The molecule has 0 fully saturated rings. The Morgan fingerprint density at radius 2 is 1.69 bits per heavy atom. The molecule has 2 aromatic carbocycles. The standard InChI is InChI=1S/C23H20ClN5O3/c24-19-9-5-4-8-18(19)15-29-20(10-12-25-29)26-21(30)16-28-22(31)11-13-27(23(28)32)14-17-6-2-1-3-7-17/h1-13H,14-16H2,(H,26,30). The quantitative estimate of drug-likeness (QED) is 0.469. The number of rotatable bonds is 7. The average molecular weight is 450 g/mol. The van der Waals surface area contributed by atoms with Gasteiger partial charge in [-0.1, -0.05) is 60.1 Å². The van der Waals surface area contributed by atoms with Gasteiger partial charge in [-0.15, -0.1) is 0 Å².